The van der Waals surface area contributed by atoms with Crippen molar-refractivity contribution in [1.29, 1.82) is 0 Å². The van der Waals surface area contributed by atoms with Gasteiger partial charge in [0.15, 0.2) is 0 Å². The van der Waals surface area contributed by atoms with Crippen LogP contribution < -0.4 is 5.32 Å². The van der Waals surface area contributed by atoms with Crippen LogP contribution in [0.25, 0.3) is 0 Å². The number of nitrogens with one attached hydrogen (secondary N) is 1. The standard InChI is InChI=1S/C18H18FNO/c19-14-6-7-15-13(11-14)9-10-18(15,21)17-8-5-12-3-1-2-4-16(12)20-17/h1-4,6-7,11,17,20-21H,5,8-10H2. The molecule has 2 nitrogen and oxygen atoms in total. The first kappa shape index (κ1) is 12.8. The van der Waals surface area contributed by atoms with Crippen LogP contribution in [0, 0.1) is 5.82 Å². The molecule has 4 rings (SSSR count). The number of halogens is 1. The Morgan fingerprint density at radius 3 is 2.86 bits per heavy atom. The number of anilines is 1. The smallest absolute Gasteiger partial charge is 0.123 e. The van der Waals surface area contributed by atoms with E-state index in [9.17, 15) is 9.50 Å². The number of aliphatic hydroxyl groups is 1. The maximum atomic E-state index is 13.4. The Kier molecular flexibility index (Phi) is 2.79. The normalized spacial score (nSPS) is 26.9. The number of benzene rings is 2. The molecule has 0 aromatic heterocycles. The van der Waals surface area contributed by atoms with E-state index in [1.807, 2.05) is 12.1 Å². The molecular weight excluding hydrogens is 265 g/mol. The second kappa shape index (κ2) is 4.57. The number of aryl methyl sites for hydroxylation is 2. The zero-order valence-electron chi connectivity index (χ0n) is 11.8. The van der Waals surface area contributed by atoms with Crippen LogP contribution in [0.5, 0.6) is 0 Å². The third-order valence-corrected chi connectivity index (χ3v) is 4.94. The predicted molar refractivity (Wildman–Crippen MR) is 80.8 cm³/mol. The van der Waals surface area contributed by atoms with E-state index in [0.717, 1.165) is 36.1 Å². The molecule has 2 aromatic rings. The lowest BCUT2D eigenvalue weighted by atomic mass is 9.82. The van der Waals surface area contributed by atoms with E-state index in [4.69, 9.17) is 0 Å². The van der Waals surface area contributed by atoms with E-state index in [0.29, 0.717) is 6.42 Å². The van der Waals surface area contributed by atoms with Crippen molar-refractivity contribution in [2.45, 2.75) is 37.3 Å². The van der Waals surface area contributed by atoms with Crippen molar-refractivity contribution in [3.8, 4) is 0 Å². The lowest BCUT2D eigenvalue weighted by Crippen LogP contribution is -2.45. The van der Waals surface area contributed by atoms with Crippen LogP contribution in [0.1, 0.15) is 29.5 Å². The van der Waals surface area contributed by atoms with Gasteiger partial charge in [-0.1, -0.05) is 24.3 Å². The molecule has 0 saturated heterocycles. The minimum atomic E-state index is -0.892. The first-order valence-corrected chi connectivity index (χ1v) is 7.52. The first-order chi connectivity index (χ1) is 10.2. The molecular formula is C18H18FNO. The molecule has 0 saturated carbocycles. The van der Waals surface area contributed by atoms with Gasteiger partial charge >= 0.3 is 0 Å². The van der Waals surface area contributed by atoms with Gasteiger partial charge in [0, 0.05) is 5.69 Å². The van der Waals surface area contributed by atoms with Gasteiger partial charge in [-0.15, -0.1) is 0 Å². The fraction of sp³-hybridized carbons (Fsp3) is 0.333. The highest BCUT2D eigenvalue weighted by molar-refractivity contribution is 5.55. The second-order valence-corrected chi connectivity index (χ2v) is 6.12. The minimum absolute atomic E-state index is 0.0147. The number of para-hydroxylation sites is 1. The molecule has 0 fully saturated rings. The Labute approximate surface area is 123 Å². The Morgan fingerprint density at radius 2 is 1.95 bits per heavy atom. The number of hydrogen-bond donors (Lipinski definition) is 2. The lowest BCUT2D eigenvalue weighted by molar-refractivity contribution is 0.0147. The molecule has 1 heterocycles. The molecule has 0 bridgehead atoms. The van der Waals surface area contributed by atoms with Crippen LogP contribution in [0.2, 0.25) is 0 Å². The largest absolute Gasteiger partial charge is 0.383 e. The van der Waals surface area contributed by atoms with Crippen molar-refractivity contribution < 1.29 is 9.50 Å². The monoisotopic (exact) mass is 283 g/mol. The third-order valence-electron chi connectivity index (χ3n) is 4.94. The average Bonchev–Trinajstić information content (AvgIpc) is 2.84. The van der Waals surface area contributed by atoms with Crippen LogP contribution in [0.15, 0.2) is 42.5 Å². The molecule has 2 atom stereocenters. The zero-order valence-corrected chi connectivity index (χ0v) is 11.8. The van der Waals surface area contributed by atoms with Crippen molar-refractivity contribution in [3.63, 3.8) is 0 Å². The fourth-order valence-corrected chi connectivity index (χ4v) is 3.81. The van der Waals surface area contributed by atoms with Crippen LogP contribution in [-0.4, -0.2) is 11.1 Å². The summed E-state index contributed by atoms with van der Waals surface area (Å²) in [6, 6.07) is 13.0. The van der Waals surface area contributed by atoms with Gasteiger partial charge in [0.1, 0.15) is 11.4 Å². The first-order valence-electron chi connectivity index (χ1n) is 7.52. The van der Waals surface area contributed by atoms with Crippen molar-refractivity contribution in [3.05, 3.63) is 65.0 Å². The predicted octanol–water partition coefficient (Wildman–Crippen LogP) is 3.39. The van der Waals surface area contributed by atoms with E-state index >= 15 is 0 Å². The minimum Gasteiger partial charge on any atom is -0.383 e. The van der Waals surface area contributed by atoms with Crippen molar-refractivity contribution in [2.24, 2.45) is 0 Å². The topological polar surface area (TPSA) is 32.3 Å². The molecule has 0 spiro atoms. The molecule has 1 aliphatic heterocycles. The van der Waals surface area contributed by atoms with E-state index in [-0.39, 0.29) is 11.9 Å². The molecule has 2 unspecified atom stereocenters. The van der Waals surface area contributed by atoms with Gasteiger partial charge in [0.05, 0.1) is 6.04 Å². The van der Waals surface area contributed by atoms with Crippen LogP contribution in [-0.2, 0) is 18.4 Å². The molecule has 2 N–H and O–H groups in total. The van der Waals surface area contributed by atoms with Crippen LogP contribution >= 0.6 is 0 Å². The Bertz CT molecular complexity index is 699. The summed E-state index contributed by atoms with van der Waals surface area (Å²) < 4.78 is 13.4. The SMILES string of the molecule is OC1(C2CCc3ccccc3N2)CCc2cc(F)ccc21. The van der Waals surface area contributed by atoms with E-state index in [1.54, 1.807) is 12.1 Å². The second-order valence-electron chi connectivity index (χ2n) is 6.12. The van der Waals surface area contributed by atoms with Gasteiger partial charge in [-0.25, -0.2) is 4.39 Å². The molecule has 2 aromatic carbocycles. The highest BCUT2D eigenvalue weighted by Gasteiger charge is 2.44. The lowest BCUT2D eigenvalue weighted by Gasteiger charge is -2.38. The van der Waals surface area contributed by atoms with Crippen molar-refractivity contribution in [2.75, 3.05) is 5.32 Å². The average molecular weight is 283 g/mol. The Balaban J connectivity index is 1.70. The highest BCUT2D eigenvalue weighted by atomic mass is 19.1. The summed E-state index contributed by atoms with van der Waals surface area (Å²) >= 11 is 0. The highest BCUT2D eigenvalue weighted by Crippen LogP contribution is 2.43. The van der Waals surface area contributed by atoms with Gasteiger partial charge < -0.3 is 10.4 Å². The summed E-state index contributed by atoms with van der Waals surface area (Å²) in [7, 11) is 0. The van der Waals surface area contributed by atoms with Gasteiger partial charge in [0.25, 0.3) is 0 Å². The molecule has 3 heteroatoms. The molecule has 0 radical (unpaired) electrons. The summed E-state index contributed by atoms with van der Waals surface area (Å²) in [6.07, 6.45) is 3.26. The van der Waals surface area contributed by atoms with E-state index < -0.39 is 5.60 Å². The fourth-order valence-electron chi connectivity index (χ4n) is 3.81. The van der Waals surface area contributed by atoms with Gasteiger partial charge in [0.2, 0.25) is 0 Å². The Hall–Kier alpha value is -1.87. The summed E-state index contributed by atoms with van der Waals surface area (Å²) in [5.41, 5.74) is 3.35. The van der Waals surface area contributed by atoms with Gasteiger partial charge in [-0.2, -0.15) is 0 Å². The summed E-state index contributed by atoms with van der Waals surface area (Å²) in [5, 5.41) is 14.7. The van der Waals surface area contributed by atoms with Crippen molar-refractivity contribution in [1.82, 2.24) is 0 Å². The maximum absolute atomic E-state index is 13.4. The van der Waals surface area contributed by atoms with E-state index in [1.165, 1.54) is 11.6 Å². The van der Waals surface area contributed by atoms with Crippen LogP contribution in [0.4, 0.5) is 10.1 Å². The molecule has 21 heavy (non-hydrogen) atoms. The summed E-state index contributed by atoms with van der Waals surface area (Å²) in [5.74, 6) is -0.222. The third kappa shape index (κ3) is 1.95. The van der Waals surface area contributed by atoms with Gasteiger partial charge in [-0.05, 0) is 60.6 Å². The molecule has 2 aliphatic rings. The molecule has 108 valence electrons. The number of hydrogen-bond acceptors (Lipinski definition) is 2. The summed E-state index contributed by atoms with van der Waals surface area (Å²) in [4.78, 5) is 0. The zero-order chi connectivity index (χ0) is 14.4. The number of rotatable bonds is 1. The van der Waals surface area contributed by atoms with Gasteiger partial charge in [-0.3, -0.25) is 0 Å². The van der Waals surface area contributed by atoms with Crippen molar-refractivity contribution >= 4 is 5.69 Å². The Morgan fingerprint density at radius 1 is 1.10 bits per heavy atom. The quantitative estimate of drug-likeness (QED) is 0.841. The van der Waals surface area contributed by atoms with E-state index in [2.05, 4.69) is 17.4 Å². The molecule has 1 aliphatic carbocycles. The number of fused-ring (bicyclic) bond motifs is 2. The molecule has 0 amide bonds. The van der Waals surface area contributed by atoms with Crippen LogP contribution in [0.3, 0.4) is 0 Å². The summed E-state index contributed by atoms with van der Waals surface area (Å²) in [6.45, 7) is 0. The maximum Gasteiger partial charge on any atom is 0.123 e.